The molecule has 0 spiro atoms. The largest absolute Gasteiger partial charge is 0.480 e. The summed E-state index contributed by atoms with van der Waals surface area (Å²) in [6.07, 6.45) is -0.647. The van der Waals surface area contributed by atoms with E-state index in [1.807, 2.05) is 5.32 Å². The summed E-state index contributed by atoms with van der Waals surface area (Å²) in [4.78, 5) is 57.5. The maximum Gasteiger partial charge on any atom is 0.325 e. The van der Waals surface area contributed by atoms with Gasteiger partial charge in [0.25, 0.3) is 0 Å². The van der Waals surface area contributed by atoms with E-state index >= 15 is 0 Å². The van der Waals surface area contributed by atoms with Crippen molar-refractivity contribution in [3.8, 4) is 0 Å². The number of rotatable bonds is 11. The van der Waals surface area contributed by atoms with E-state index in [1.54, 1.807) is 0 Å². The molecule has 4 unspecified atom stereocenters. The summed E-state index contributed by atoms with van der Waals surface area (Å²) >= 11 is 0. The molecule has 0 aromatic rings. The first kappa shape index (κ1) is 23.2. The lowest BCUT2D eigenvalue weighted by molar-refractivity contribution is -0.142. The van der Waals surface area contributed by atoms with Crippen LogP contribution in [0.1, 0.15) is 13.3 Å². The number of nitrogens with two attached hydrogens (primary N) is 2. The zero-order chi connectivity index (χ0) is 20.4. The highest BCUT2D eigenvalue weighted by Gasteiger charge is 2.29. The van der Waals surface area contributed by atoms with Gasteiger partial charge in [0.15, 0.2) is 0 Å². The minimum atomic E-state index is -1.53. The van der Waals surface area contributed by atoms with Gasteiger partial charge in [-0.3, -0.25) is 24.0 Å². The molecule has 13 heteroatoms. The summed E-state index contributed by atoms with van der Waals surface area (Å²) in [6, 6.07) is -5.69. The number of hydrogen-bond acceptors (Lipinski definition) is 8. The fourth-order valence-corrected chi connectivity index (χ4v) is 1.61. The molecule has 4 amide bonds. The first-order valence-electron chi connectivity index (χ1n) is 7.43. The number of hydrogen-bond donors (Lipinski definition) is 8. The quantitative estimate of drug-likeness (QED) is 0.171. The lowest BCUT2D eigenvalue weighted by Crippen LogP contribution is -2.58. The smallest absolute Gasteiger partial charge is 0.325 e. The van der Waals surface area contributed by atoms with Crippen molar-refractivity contribution < 1.29 is 39.3 Å². The maximum absolute atomic E-state index is 12.1. The molecule has 148 valence electrons. The van der Waals surface area contributed by atoms with E-state index in [0.717, 1.165) is 6.92 Å². The molecular formula is C13H23N5O8. The number of nitrogens with one attached hydrogen (secondary N) is 3. The molecule has 0 bridgehead atoms. The average molecular weight is 377 g/mol. The van der Waals surface area contributed by atoms with Crippen molar-refractivity contribution in [1.29, 1.82) is 0 Å². The highest BCUT2D eigenvalue weighted by atomic mass is 16.4. The Balaban J connectivity index is 5.08. The summed E-state index contributed by atoms with van der Waals surface area (Å²) in [5.74, 6) is -5.28. The Morgan fingerprint density at radius 2 is 1.38 bits per heavy atom. The molecule has 0 rings (SSSR count). The van der Waals surface area contributed by atoms with Gasteiger partial charge in [0, 0.05) is 0 Å². The van der Waals surface area contributed by atoms with E-state index in [4.69, 9.17) is 21.7 Å². The number of aliphatic hydroxyl groups is 2. The van der Waals surface area contributed by atoms with Gasteiger partial charge in [-0.1, -0.05) is 0 Å². The van der Waals surface area contributed by atoms with Crippen molar-refractivity contribution in [2.75, 3.05) is 13.2 Å². The lowest BCUT2D eigenvalue weighted by atomic mass is 10.1. The first-order chi connectivity index (χ1) is 12.0. The SMILES string of the molecule is CC(NC(=O)C(CC(N)=O)NC(=O)C(CO)NC(=O)C(N)CO)C(=O)O. The summed E-state index contributed by atoms with van der Waals surface area (Å²) in [6.45, 7) is -0.409. The predicted octanol–water partition coefficient (Wildman–Crippen LogP) is -5.27. The van der Waals surface area contributed by atoms with Crippen molar-refractivity contribution >= 4 is 29.6 Å². The van der Waals surface area contributed by atoms with E-state index in [-0.39, 0.29) is 0 Å². The molecule has 0 aliphatic carbocycles. The predicted molar refractivity (Wildman–Crippen MR) is 85.1 cm³/mol. The maximum atomic E-state index is 12.1. The third kappa shape index (κ3) is 7.87. The van der Waals surface area contributed by atoms with Crippen molar-refractivity contribution in [3.63, 3.8) is 0 Å². The summed E-state index contributed by atoms with van der Waals surface area (Å²) in [7, 11) is 0. The van der Waals surface area contributed by atoms with Crippen LogP contribution in [0.5, 0.6) is 0 Å². The number of carbonyl (C=O) groups excluding carboxylic acids is 4. The highest BCUT2D eigenvalue weighted by Crippen LogP contribution is 1.97. The molecule has 0 aromatic carbocycles. The van der Waals surface area contributed by atoms with Crippen LogP contribution in [0.2, 0.25) is 0 Å². The second kappa shape index (κ2) is 11.0. The van der Waals surface area contributed by atoms with Crippen molar-refractivity contribution in [3.05, 3.63) is 0 Å². The molecule has 0 fully saturated rings. The van der Waals surface area contributed by atoms with Crippen LogP contribution in [0.3, 0.4) is 0 Å². The standard InChI is InChI=1S/C13H23N5O8/c1-5(13(25)26)16-11(23)7(2-9(15)21)17-12(24)8(4-20)18-10(22)6(14)3-19/h5-8,19-20H,2-4,14H2,1H3,(H2,15,21)(H,16,23)(H,17,24)(H,18,22)(H,25,26). The summed E-state index contributed by atoms with van der Waals surface area (Å²) in [5.41, 5.74) is 10.3. The fourth-order valence-electron chi connectivity index (χ4n) is 1.61. The van der Waals surface area contributed by atoms with Gasteiger partial charge >= 0.3 is 5.97 Å². The van der Waals surface area contributed by atoms with Crippen LogP contribution >= 0.6 is 0 Å². The van der Waals surface area contributed by atoms with Crippen LogP contribution in [0.15, 0.2) is 0 Å². The second-order valence-corrected chi connectivity index (χ2v) is 5.33. The third-order valence-electron chi connectivity index (χ3n) is 3.12. The molecule has 26 heavy (non-hydrogen) atoms. The van der Waals surface area contributed by atoms with Gasteiger partial charge in [0.2, 0.25) is 23.6 Å². The number of aliphatic hydroxyl groups excluding tert-OH is 2. The molecule has 0 radical (unpaired) electrons. The minimum Gasteiger partial charge on any atom is -0.480 e. The summed E-state index contributed by atoms with van der Waals surface area (Å²) < 4.78 is 0. The molecule has 10 N–H and O–H groups in total. The van der Waals surface area contributed by atoms with Crippen LogP contribution < -0.4 is 27.4 Å². The van der Waals surface area contributed by atoms with E-state index in [1.165, 1.54) is 0 Å². The molecule has 0 saturated heterocycles. The fraction of sp³-hybridized carbons (Fsp3) is 0.615. The molecule has 0 saturated carbocycles. The third-order valence-corrected chi connectivity index (χ3v) is 3.12. The van der Waals surface area contributed by atoms with Crippen LogP contribution in [0, 0.1) is 0 Å². The Hall–Kier alpha value is -2.77. The van der Waals surface area contributed by atoms with Crippen molar-refractivity contribution in [2.45, 2.75) is 37.5 Å². The van der Waals surface area contributed by atoms with E-state index in [9.17, 15) is 29.1 Å². The number of amides is 4. The number of aliphatic carboxylic acids is 1. The van der Waals surface area contributed by atoms with Crippen molar-refractivity contribution in [1.82, 2.24) is 16.0 Å². The van der Waals surface area contributed by atoms with Crippen LogP contribution in [-0.4, -0.2) is 82.3 Å². The number of primary amides is 1. The van der Waals surface area contributed by atoms with Gasteiger partial charge in [0.05, 0.1) is 19.6 Å². The lowest BCUT2D eigenvalue weighted by Gasteiger charge is -2.22. The Kier molecular flexibility index (Phi) is 9.80. The topological polar surface area (TPSA) is 234 Å². The summed E-state index contributed by atoms with van der Waals surface area (Å²) in [5, 5.41) is 32.9. The zero-order valence-corrected chi connectivity index (χ0v) is 14.0. The second-order valence-electron chi connectivity index (χ2n) is 5.33. The molecular weight excluding hydrogens is 354 g/mol. The number of carboxylic acid groups (broad SMARTS) is 1. The minimum absolute atomic E-state index is 0.647. The van der Waals surface area contributed by atoms with Crippen molar-refractivity contribution in [2.24, 2.45) is 11.5 Å². The Bertz CT molecular complexity index is 555. The number of carboxylic acids is 1. The van der Waals surface area contributed by atoms with E-state index < -0.39 is 73.4 Å². The van der Waals surface area contributed by atoms with Crippen LogP contribution in [-0.2, 0) is 24.0 Å². The first-order valence-corrected chi connectivity index (χ1v) is 7.43. The molecule has 0 aliphatic heterocycles. The Morgan fingerprint density at radius 3 is 1.81 bits per heavy atom. The molecule has 0 aliphatic rings. The number of carbonyl (C=O) groups is 5. The molecule has 0 heterocycles. The molecule has 4 atom stereocenters. The van der Waals surface area contributed by atoms with Gasteiger partial charge in [-0.2, -0.15) is 0 Å². The van der Waals surface area contributed by atoms with Gasteiger partial charge in [-0.15, -0.1) is 0 Å². The zero-order valence-electron chi connectivity index (χ0n) is 14.0. The normalized spacial score (nSPS) is 15.1. The average Bonchev–Trinajstić information content (AvgIpc) is 2.56. The van der Waals surface area contributed by atoms with E-state index in [2.05, 4.69) is 10.6 Å². The molecule has 0 aromatic heterocycles. The van der Waals surface area contributed by atoms with Crippen LogP contribution in [0.4, 0.5) is 0 Å². The van der Waals surface area contributed by atoms with Gasteiger partial charge in [-0.05, 0) is 6.92 Å². The van der Waals surface area contributed by atoms with Gasteiger partial charge in [0.1, 0.15) is 24.2 Å². The van der Waals surface area contributed by atoms with Gasteiger partial charge in [-0.25, -0.2) is 0 Å². The van der Waals surface area contributed by atoms with Crippen LogP contribution in [0.25, 0.3) is 0 Å². The Labute approximate surface area is 148 Å². The molecule has 13 nitrogen and oxygen atoms in total. The van der Waals surface area contributed by atoms with E-state index in [0.29, 0.717) is 0 Å². The van der Waals surface area contributed by atoms with Gasteiger partial charge < -0.3 is 42.7 Å². The monoisotopic (exact) mass is 377 g/mol. The highest BCUT2D eigenvalue weighted by molar-refractivity contribution is 5.96. The Morgan fingerprint density at radius 1 is 0.885 bits per heavy atom.